The average molecular weight is 214 g/mol. The highest BCUT2D eigenvalue weighted by Gasteiger charge is 2.45. The van der Waals surface area contributed by atoms with Crippen molar-refractivity contribution >= 4 is 0 Å². The zero-order valence-corrected chi connectivity index (χ0v) is 9.74. The second-order valence-electron chi connectivity index (χ2n) is 5.24. The fourth-order valence-corrected chi connectivity index (χ4v) is 2.75. The van der Waals surface area contributed by atoms with E-state index in [1.165, 1.54) is 12.8 Å². The van der Waals surface area contributed by atoms with Crippen LogP contribution in [-0.2, 0) is 9.47 Å². The van der Waals surface area contributed by atoms with E-state index in [2.05, 4.69) is 13.8 Å². The second kappa shape index (κ2) is 4.40. The SMILES string of the molecule is CC(C)C1CCCC2(C1)OCC(CO)O2. The van der Waals surface area contributed by atoms with Crippen LogP contribution in [0.3, 0.4) is 0 Å². The van der Waals surface area contributed by atoms with Crippen molar-refractivity contribution < 1.29 is 14.6 Å². The number of hydrogen-bond donors (Lipinski definition) is 1. The minimum Gasteiger partial charge on any atom is -0.394 e. The summed E-state index contributed by atoms with van der Waals surface area (Å²) in [6, 6.07) is 0. The van der Waals surface area contributed by atoms with Gasteiger partial charge < -0.3 is 14.6 Å². The van der Waals surface area contributed by atoms with Gasteiger partial charge in [0.25, 0.3) is 0 Å². The topological polar surface area (TPSA) is 38.7 Å². The van der Waals surface area contributed by atoms with Crippen molar-refractivity contribution in [2.75, 3.05) is 13.2 Å². The Hall–Kier alpha value is -0.120. The first-order valence-electron chi connectivity index (χ1n) is 6.08. The van der Waals surface area contributed by atoms with Gasteiger partial charge in [-0.25, -0.2) is 0 Å². The lowest BCUT2D eigenvalue weighted by Crippen LogP contribution is -2.38. The summed E-state index contributed by atoms with van der Waals surface area (Å²) in [5, 5.41) is 9.05. The summed E-state index contributed by atoms with van der Waals surface area (Å²) in [5.74, 6) is 1.04. The van der Waals surface area contributed by atoms with Crippen LogP contribution in [0.1, 0.15) is 39.5 Å². The van der Waals surface area contributed by atoms with Gasteiger partial charge in [-0.3, -0.25) is 0 Å². The molecule has 1 N–H and O–H groups in total. The van der Waals surface area contributed by atoms with Crippen LogP contribution in [0.2, 0.25) is 0 Å². The molecule has 1 saturated carbocycles. The van der Waals surface area contributed by atoms with Crippen LogP contribution in [0.25, 0.3) is 0 Å². The van der Waals surface area contributed by atoms with E-state index in [0.717, 1.165) is 12.8 Å². The Labute approximate surface area is 91.8 Å². The highest BCUT2D eigenvalue weighted by atomic mass is 16.7. The van der Waals surface area contributed by atoms with Gasteiger partial charge in [-0.05, 0) is 24.7 Å². The molecule has 88 valence electrons. The molecular formula is C12H22O3. The van der Waals surface area contributed by atoms with Crippen LogP contribution in [-0.4, -0.2) is 30.2 Å². The fraction of sp³-hybridized carbons (Fsp3) is 1.00. The monoisotopic (exact) mass is 214 g/mol. The molecule has 0 radical (unpaired) electrons. The van der Waals surface area contributed by atoms with Gasteiger partial charge in [0, 0.05) is 12.8 Å². The first-order chi connectivity index (χ1) is 7.15. The molecule has 3 nitrogen and oxygen atoms in total. The molecule has 2 rings (SSSR count). The van der Waals surface area contributed by atoms with E-state index in [1.807, 2.05) is 0 Å². The van der Waals surface area contributed by atoms with Crippen molar-refractivity contribution in [1.29, 1.82) is 0 Å². The molecule has 3 heteroatoms. The van der Waals surface area contributed by atoms with Gasteiger partial charge in [-0.1, -0.05) is 13.8 Å². The Morgan fingerprint density at radius 2 is 2.27 bits per heavy atom. The first kappa shape index (κ1) is 11.4. The fourth-order valence-electron chi connectivity index (χ4n) is 2.75. The molecule has 0 aromatic rings. The molecule has 2 aliphatic rings. The van der Waals surface area contributed by atoms with Crippen LogP contribution < -0.4 is 0 Å². The lowest BCUT2D eigenvalue weighted by molar-refractivity contribution is -0.202. The Balaban J connectivity index is 1.97. The van der Waals surface area contributed by atoms with Crippen molar-refractivity contribution in [3.05, 3.63) is 0 Å². The molecule has 15 heavy (non-hydrogen) atoms. The minimum absolute atomic E-state index is 0.0775. The maximum Gasteiger partial charge on any atom is 0.169 e. The summed E-state index contributed by atoms with van der Waals surface area (Å²) in [5.41, 5.74) is 0. The maximum absolute atomic E-state index is 9.05. The smallest absolute Gasteiger partial charge is 0.169 e. The third-order valence-corrected chi connectivity index (χ3v) is 3.77. The lowest BCUT2D eigenvalue weighted by atomic mass is 9.78. The molecule has 0 aromatic carbocycles. The third-order valence-electron chi connectivity index (χ3n) is 3.77. The summed E-state index contributed by atoms with van der Waals surface area (Å²) in [4.78, 5) is 0. The standard InChI is InChI=1S/C12H22O3/c1-9(2)10-4-3-5-12(6-10)14-8-11(7-13)15-12/h9-11,13H,3-8H2,1-2H3. The molecule has 0 aromatic heterocycles. The molecule has 3 atom stereocenters. The minimum atomic E-state index is -0.361. The Morgan fingerprint density at radius 1 is 1.47 bits per heavy atom. The van der Waals surface area contributed by atoms with Gasteiger partial charge in [0.05, 0.1) is 13.2 Å². The zero-order chi connectivity index (χ0) is 10.9. The van der Waals surface area contributed by atoms with Crippen molar-refractivity contribution in [3.8, 4) is 0 Å². The molecule has 1 heterocycles. The van der Waals surface area contributed by atoms with Gasteiger partial charge in [0.2, 0.25) is 0 Å². The summed E-state index contributed by atoms with van der Waals surface area (Å²) in [6.07, 6.45) is 4.36. The van der Waals surface area contributed by atoms with Crippen LogP contribution >= 0.6 is 0 Å². The lowest BCUT2D eigenvalue weighted by Gasteiger charge is -2.38. The van der Waals surface area contributed by atoms with Crippen LogP contribution in [0.4, 0.5) is 0 Å². The van der Waals surface area contributed by atoms with Crippen molar-refractivity contribution in [3.63, 3.8) is 0 Å². The van der Waals surface area contributed by atoms with Crippen molar-refractivity contribution in [1.82, 2.24) is 0 Å². The van der Waals surface area contributed by atoms with E-state index in [-0.39, 0.29) is 18.5 Å². The highest BCUT2D eigenvalue weighted by molar-refractivity contribution is 4.86. The molecule has 1 aliphatic heterocycles. The third kappa shape index (κ3) is 2.35. The van der Waals surface area contributed by atoms with E-state index < -0.39 is 0 Å². The van der Waals surface area contributed by atoms with Crippen molar-refractivity contribution in [2.45, 2.75) is 51.4 Å². The summed E-state index contributed by atoms with van der Waals surface area (Å²) < 4.78 is 11.6. The second-order valence-corrected chi connectivity index (χ2v) is 5.24. The van der Waals surface area contributed by atoms with Gasteiger partial charge in [0.1, 0.15) is 6.10 Å². The van der Waals surface area contributed by atoms with Crippen LogP contribution in [0, 0.1) is 11.8 Å². The number of rotatable bonds is 2. The van der Waals surface area contributed by atoms with Crippen LogP contribution in [0.5, 0.6) is 0 Å². The van der Waals surface area contributed by atoms with E-state index in [1.54, 1.807) is 0 Å². The average Bonchev–Trinajstić information content (AvgIpc) is 2.61. The molecule has 0 amide bonds. The van der Waals surface area contributed by atoms with E-state index in [0.29, 0.717) is 18.4 Å². The number of hydrogen-bond acceptors (Lipinski definition) is 3. The van der Waals surface area contributed by atoms with Crippen LogP contribution in [0.15, 0.2) is 0 Å². The Morgan fingerprint density at radius 3 is 2.87 bits per heavy atom. The molecule has 1 saturated heterocycles. The van der Waals surface area contributed by atoms with E-state index >= 15 is 0 Å². The molecule has 0 bridgehead atoms. The molecule has 2 fully saturated rings. The predicted molar refractivity (Wildman–Crippen MR) is 57.4 cm³/mol. The first-order valence-corrected chi connectivity index (χ1v) is 6.08. The number of ether oxygens (including phenoxy) is 2. The number of aliphatic hydroxyl groups excluding tert-OH is 1. The van der Waals surface area contributed by atoms with E-state index in [9.17, 15) is 0 Å². The van der Waals surface area contributed by atoms with Gasteiger partial charge in [-0.2, -0.15) is 0 Å². The summed E-state index contributed by atoms with van der Waals surface area (Å²) in [6.45, 7) is 5.17. The van der Waals surface area contributed by atoms with Gasteiger partial charge >= 0.3 is 0 Å². The summed E-state index contributed by atoms with van der Waals surface area (Å²) in [7, 11) is 0. The number of aliphatic hydroxyl groups is 1. The predicted octanol–water partition coefficient (Wildman–Crippen LogP) is 1.94. The zero-order valence-electron chi connectivity index (χ0n) is 9.74. The Bertz CT molecular complexity index is 217. The highest BCUT2D eigenvalue weighted by Crippen LogP contribution is 2.42. The quantitative estimate of drug-likeness (QED) is 0.763. The summed E-state index contributed by atoms with van der Waals surface area (Å²) >= 11 is 0. The molecular weight excluding hydrogens is 192 g/mol. The Kier molecular flexibility index (Phi) is 3.33. The largest absolute Gasteiger partial charge is 0.394 e. The normalized spacial score (nSPS) is 41.6. The molecule has 1 spiro atoms. The van der Waals surface area contributed by atoms with Crippen molar-refractivity contribution in [2.24, 2.45) is 11.8 Å². The van der Waals surface area contributed by atoms with E-state index in [4.69, 9.17) is 14.6 Å². The molecule has 3 unspecified atom stereocenters. The molecule has 1 aliphatic carbocycles. The maximum atomic E-state index is 9.05. The van der Waals surface area contributed by atoms with Gasteiger partial charge in [0.15, 0.2) is 5.79 Å². The van der Waals surface area contributed by atoms with Gasteiger partial charge in [-0.15, -0.1) is 0 Å².